The predicted octanol–water partition coefficient (Wildman–Crippen LogP) is 4.60. The summed E-state index contributed by atoms with van der Waals surface area (Å²) in [4.78, 5) is 4.68. The maximum absolute atomic E-state index is 13.9. The molecule has 2 heterocycles. The molecule has 176 valence electrons. The quantitative estimate of drug-likeness (QED) is 0.619. The average Bonchev–Trinajstić information content (AvgIpc) is 2.79. The van der Waals surface area contributed by atoms with E-state index in [4.69, 9.17) is 11.6 Å². The van der Waals surface area contributed by atoms with Crippen molar-refractivity contribution in [1.29, 1.82) is 0 Å². The van der Waals surface area contributed by atoms with E-state index in [0.717, 1.165) is 60.9 Å². The number of likely N-dealkylation sites (N-methyl/N-ethyl adjacent to an activating group) is 1. The number of hydrazine groups is 1. The molecule has 2 aromatic carbocycles. The summed E-state index contributed by atoms with van der Waals surface area (Å²) in [7, 11) is 2.13. The Hall–Kier alpha value is -2.54. The Morgan fingerprint density at radius 3 is 2.61 bits per heavy atom. The van der Waals surface area contributed by atoms with Crippen molar-refractivity contribution in [2.24, 2.45) is 0 Å². The van der Waals surface area contributed by atoms with E-state index in [1.54, 1.807) is 13.0 Å². The van der Waals surface area contributed by atoms with E-state index in [2.05, 4.69) is 28.3 Å². The summed E-state index contributed by atoms with van der Waals surface area (Å²) < 4.78 is 13.9. The van der Waals surface area contributed by atoms with Crippen LogP contribution in [0.2, 0.25) is 5.02 Å². The molecule has 0 unspecified atom stereocenters. The highest BCUT2D eigenvalue weighted by atomic mass is 35.5. The fourth-order valence-electron chi connectivity index (χ4n) is 4.26. The standard InChI is InChI=1S/C26H32ClFN4O/c1-19-15-21(8-9-24(19)28)25-17-22(18-31-13-11-30(2)12-14-31)26(33)32(29-25)10-4-6-20-5-3-7-23(27)16-20/h3,5,7-9,15-17,29,33H,4,6,10-14,18H2,1-2H3. The smallest absolute Gasteiger partial charge is 0.210 e. The highest BCUT2D eigenvalue weighted by Crippen LogP contribution is 2.25. The zero-order valence-corrected chi connectivity index (χ0v) is 20.1. The van der Waals surface area contributed by atoms with Gasteiger partial charge in [-0.05, 0) is 79.9 Å². The zero-order chi connectivity index (χ0) is 23.4. The first-order chi connectivity index (χ1) is 15.9. The van der Waals surface area contributed by atoms with Crippen molar-refractivity contribution in [2.75, 3.05) is 46.3 Å². The summed E-state index contributed by atoms with van der Waals surface area (Å²) >= 11 is 6.12. The van der Waals surface area contributed by atoms with Crippen LogP contribution in [-0.2, 0) is 6.42 Å². The van der Waals surface area contributed by atoms with Crippen LogP contribution in [0, 0.1) is 12.7 Å². The second-order valence-electron chi connectivity index (χ2n) is 8.95. The van der Waals surface area contributed by atoms with E-state index in [0.29, 0.717) is 18.7 Å². The van der Waals surface area contributed by atoms with Crippen LogP contribution in [0.3, 0.4) is 0 Å². The van der Waals surface area contributed by atoms with Crippen LogP contribution >= 0.6 is 11.6 Å². The normalized spacial score (nSPS) is 17.8. The lowest BCUT2D eigenvalue weighted by atomic mass is 10.0. The van der Waals surface area contributed by atoms with Crippen LogP contribution in [-0.4, -0.2) is 66.2 Å². The first-order valence-corrected chi connectivity index (χ1v) is 11.9. The average molecular weight is 471 g/mol. The summed E-state index contributed by atoms with van der Waals surface area (Å²) in [5, 5.41) is 13.6. The molecule has 0 amide bonds. The van der Waals surface area contributed by atoms with E-state index in [1.807, 2.05) is 35.4 Å². The Morgan fingerprint density at radius 1 is 1.09 bits per heavy atom. The molecule has 0 bridgehead atoms. The summed E-state index contributed by atoms with van der Waals surface area (Å²) in [5.41, 5.74) is 7.76. The third-order valence-corrected chi connectivity index (χ3v) is 6.55. The van der Waals surface area contributed by atoms with Gasteiger partial charge in [0.1, 0.15) is 5.82 Å². The summed E-state index contributed by atoms with van der Waals surface area (Å²) in [6.07, 6.45) is 3.69. The fraction of sp³-hybridized carbons (Fsp3) is 0.385. The molecule has 0 saturated carbocycles. The molecule has 2 N–H and O–H groups in total. The SMILES string of the molecule is Cc1cc(C2=CC(CN3CCN(C)CC3)=C(O)N(CCCc3cccc(Cl)c3)N2)ccc1F. The number of halogens is 2. The second kappa shape index (κ2) is 10.6. The van der Waals surface area contributed by atoms with Crippen molar-refractivity contribution >= 4 is 17.3 Å². The Kier molecular flexibility index (Phi) is 7.58. The molecule has 0 aliphatic carbocycles. The minimum atomic E-state index is -0.218. The molecular weight excluding hydrogens is 439 g/mol. The Labute approximate surface area is 200 Å². The minimum Gasteiger partial charge on any atom is -0.493 e. The molecule has 0 spiro atoms. The third-order valence-electron chi connectivity index (χ3n) is 6.31. The Bertz CT molecular complexity index is 1050. The van der Waals surface area contributed by atoms with Crippen molar-refractivity contribution in [3.63, 3.8) is 0 Å². The summed E-state index contributed by atoms with van der Waals surface area (Å²) in [6, 6.07) is 13.0. The van der Waals surface area contributed by atoms with Crippen LogP contribution in [0.15, 0.2) is 60.0 Å². The first-order valence-electron chi connectivity index (χ1n) is 11.5. The molecule has 5 nitrogen and oxygen atoms in total. The van der Waals surface area contributed by atoms with Gasteiger partial charge in [0.2, 0.25) is 5.88 Å². The van der Waals surface area contributed by atoms with Gasteiger partial charge in [-0.15, -0.1) is 0 Å². The molecule has 2 aliphatic rings. The monoisotopic (exact) mass is 470 g/mol. The molecule has 2 aromatic rings. The highest BCUT2D eigenvalue weighted by molar-refractivity contribution is 6.30. The Balaban J connectivity index is 1.52. The maximum atomic E-state index is 13.9. The molecule has 2 aliphatic heterocycles. The molecule has 1 saturated heterocycles. The molecular formula is C26H32ClFN4O. The number of nitrogens with zero attached hydrogens (tertiary/aromatic N) is 3. The van der Waals surface area contributed by atoms with Crippen LogP contribution in [0.1, 0.15) is 23.1 Å². The molecule has 33 heavy (non-hydrogen) atoms. The van der Waals surface area contributed by atoms with Crippen LogP contribution in [0.4, 0.5) is 4.39 Å². The van der Waals surface area contributed by atoms with Gasteiger partial charge in [0.15, 0.2) is 0 Å². The topological polar surface area (TPSA) is 42.0 Å². The number of nitrogens with one attached hydrogen (secondary N) is 1. The minimum absolute atomic E-state index is 0.218. The number of rotatable bonds is 7. The molecule has 4 rings (SSSR count). The molecule has 0 atom stereocenters. The van der Waals surface area contributed by atoms with Gasteiger partial charge >= 0.3 is 0 Å². The highest BCUT2D eigenvalue weighted by Gasteiger charge is 2.24. The number of hydrogen-bond donors (Lipinski definition) is 2. The van der Waals surface area contributed by atoms with Gasteiger partial charge in [-0.25, -0.2) is 4.39 Å². The molecule has 1 fully saturated rings. The van der Waals surface area contributed by atoms with E-state index in [-0.39, 0.29) is 11.7 Å². The van der Waals surface area contributed by atoms with E-state index < -0.39 is 0 Å². The Morgan fingerprint density at radius 2 is 1.88 bits per heavy atom. The van der Waals surface area contributed by atoms with Gasteiger partial charge in [0.25, 0.3) is 0 Å². The third kappa shape index (κ3) is 6.08. The van der Waals surface area contributed by atoms with Gasteiger partial charge < -0.3 is 10.0 Å². The van der Waals surface area contributed by atoms with Crippen molar-refractivity contribution in [3.05, 3.63) is 87.5 Å². The van der Waals surface area contributed by atoms with Crippen LogP contribution in [0.5, 0.6) is 0 Å². The summed E-state index contributed by atoms with van der Waals surface area (Å²) in [6.45, 7) is 7.04. The van der Waals surface area contributed by atoms with Crippen molar-refractivity contribution in [1.82, 2.24) is 20.2 Å². The van der Waals surface area contributed by atoms with Crippen molar-refractivity contribution in [3.8, 4) is 0 Å². The van der Waals surface area contributed by atoms with Gasteiger partial charge in [0.05, 0.1) is 5.70 Å². The molecule has 7 heteroatoms. The van der Waals surface area contributed by atoms with Crippen LogP contribution in [0.25, 0.3) is 5.70 Å². The number of piperazine rings is 1. The van der Waals surface area contributed by atoms with E-state index >= 15 is 0 Å². The van der Waals surface area contributed by atoms with E-state index in [1.165, 1.54) is 11.6 Å². The molecule has 0 aromatic heterocycles. The van der Waals surface area contributed by atoms with E-state index in [9.17, 15) is 9.50 Å². The van der Waals surface area contributed by atoms with Crippen LogP contribution < -0.4 is 5.43 Å². The molecule has 0 radical (unpaired) electrons. The number of hydrogen-bond acceptors (Lipinski definition) is 5. The number of aryl methyl sites for hydroxylation is 2. The van der Waals surface area contributed by atoms with Gasteiger partial charge in [-0.1, -0.05) is 23.7 Å². The van der Waals surface area contributed by atoms with Crippen molar-refractivity contribution in [2.45, 2.75) is 19.8 Å². The van der Waals surface area contributed by atoms with Gasteiger partial charge in [-0.3, -0.25) is 15.3 Å². The summed E-state index contributed by atoms with van der Waals surface area (Å²) in [5.74, 6) is 0.0344. The zero-order valence-electron chi connectivity index (χ0n) is 19.3. The number of aliphatic hydroxyl groups is 1. The number of aliphatic hydroxyl groups excluding tert-OH is 1. The lowest BCUT2D eigenvalue weighted by Crippen LogP contribution is -2.46. The van der Waals surface area contributed by atoms with Gasteiger partial charge in [0, 0.05) is 49.9 Å². The van der Waals surface area contributed by atoms with Crippen molar-refractivity contribution < 1.29 is 9.50 Å². The first kappa shape index (κ1) is 23.6. The largest absolute Gasteiger partial charge is 0.493 e. The number of benzene rings is 2. The fourth-order valence-corrected chi connectivity index (χ4v) is 4.47. The second-order valence-corrected chi connectivity index (χ2v) is 9.38. The lowest BCUT2D eigenvalue weighted by Gasteiger charge is -2.36. The predicted molar refractivity (Wildman–Crippen MR) is 132 cm³/mol. The van der Waals surface area contributed by atoms with Gasteiger partial charge in [-0.2, -0.15) is 0 Å². The maximum Gasteiger partial charge on any atom is 0.210 e. The lowest BCUT2D eigenvalue weighted by molar-refractivity contribution is 0.142.